The normalized spacial score (nSPS) is 15.6. The van der Waals surface area contributed by atoms with E-state index in [2.05, 4.69) is 0 Å². The van der Waals surface area contributed by atoms with E-state index in [1.807, 2.05) is 29.9 Å². The van der Waals surface area contributed by atoms with Crippen molar-refractivity contribution < 1.29 is 8.78 Å². The van der Waals surface area contributed by atoms with Crippen LogP contribution in [0.15, 0.2) is 30.5 Å². The summed E-state index contributed by atoms with van der Waals surface area (Å²) in [6.07, 6.45) is -0.747. The molecule has 86 valence electrons. The Morgan fingerprint density at radius 2 is 2.00 bits per heavy atom. The molecule has 0 aliphatic heterocycles. The number of aromatic nitrogens is 1. The number of fused-ring (bicyclic) bond motifs is 1. The number of alkyl halides is 2. The number of nitrogens with two attached hydrogens (primary N) is 1. The highest BCUT2D eigenvalue weighted by Crippen LogP contribution is 2.31. The van der Waals surface area contributed by atoms with Gasteiger partial charge in [0.05, 0.1) is 5.52 Å². The molecular formula is C12H14F2N2. The quantitative estimate of drug-likeness (QED) is 0.835. The highest BCUT2D eigenvalue weighted by atomic mass is 19.3. The Bertz CT molecular complexity index is 515. The first kappa shape index (κ1) is 11.1. The second-order valence-corrected chi connectivity index (χ2v) is 4.25. The first-order valence-electron chi connectivity index (χ1n) is 5.06. The molecule has 0 aliphatic carbocycles. The summed E-state index contributed by atoms with van der Waals surface area (Å²) in [6.45, 7) is 1.36. The predicted octanol–water partition coefficient (Wildman–Crippen LogP) is 2.62. The second kappa shape index (κ2) is 3.56. The lowest BCUT2D eigenvalue weighted by Gasteiger charge is -2.25. The molecule has 0 bridgehead atoms. The summed E-state index contributed by atoms with van der Waals surface area (Å²) in [5.74, 6) is 0. The monoisotopic (exact) mass is 224 g/mol. The summed E-state index contributed by atoms with van der Waals surface area (Å²) in [7, 11) is 1.83. The summed E-state index contributed by atoms with van der Waals surface area (Å²) in [5.41, 5.74) is 5.34. The first-order valence-corrected chi connectivity index (χ1v) is 5.06. The fraction of sp³-hybridized carbons (Fsp3) is 0.333. The van der Waals surface area contributed by atoms with Crippen LogP contribution in [0.3, 0.4) is 0 Å². The van der Waals surface area contributed by atoms with E-state index in [0.717, 1.165) is 10.9 Å². The molecule has 2 rings (SSSR count). The van der Waals surface area contributed by atoms with Gasteiger partial charge in [0.1, 0.15) is 5.54 Å². The van der Waals surface area contributed by atoms with Crippen molar-refractivity contribution in [1.82, 2.24) is 4.57 Å². The van der Waals surface area contributed by atoms with E-state index < -0.39 is 12.0 Å². The van der Waals surface area contributed by atoms with Gasteiger partial charge in [0.25, 0.3) is 6.43 Å². The van der Waals surface area contributed by atoms with Crippen LogP contribution in [-0.2, 0) is 12.6 Å². The molecule has 2 N–H and O–H groups in total. The van der Waals surface area contributed by atoms with Crippen LogP contribution in [-0.4, -0.2) is 11.0 Å². The third-order valence-electron chi connectivity index (χ3n) is 2.93. The SMILES string of the molecule is Cn1ccc2cccc(C(C)(N)C(F)F)c21. The molecule has 0 saturated heterocycles. The number of hydrogen-bond donors (Lipinski definition) is 1. The minimum Gasteiger partial charge on any atom is -0.350 e. The number of halogens is 2. The van der Waals surface area contributed by atoms with Crippen LogP contribution in [0.1, 0.15) is 12.5 Å². The largest absolute Gasteiger partial charge is 0.350 e. The molecule has 0 saturated carbocycles. The van der Waals surface area contributed by atoms with Crippen molar-refractivity contribution in [3.8, 4) is 0 Å². The fourth-order valence-corrected chi connectivity index (χ4v) is 1.91. The van der Waals surface area contributed by atoms with Gasteiger partial charge in [0.2, 0.25) is 0 Å². The molecular weight excluding hydrogens is 210 g/mol. The van der Waals surface area contributed by atoms with Gasteiger partial charge in [-0.1, -0.05) is 18.2 Å². The summed E-state index contributed by atoms with van der Waals surface area (Å²) < 4.78 is 27.7. The molecule has 1 unspecified atom stereocenters. The average Bonchev–Trinajstić information content (AvgIpc) is 2.60. The number of nitrogens with zero attached hydrogens (tertiary/aromatic N) is 1. The van der Waals surface area contributed by atoms with Gasteiger partial charge in [-0.25, -0.2) is 8.78 Å². The maximum absolute atomic E-state index is 12.9. The molecule has 0 amide bonds. The van der Waals surface area contributed by atoms with Gasteiger partial charge in [-0.2, -0.15) is 0 Å². The number of rotatable bonds is 2. The van der Waals surface area contributed by atoms with Crippen LogP contribution in [0.2, 0.25) is 0 Å². The topological polar surface area (TPSA) is 30.9 Å². The minimum absolute atomic E-state index is 0.479. The summed E-state index contributed by atoms with van der Waals surface area (Å²) in [5, 5.41) is 0.928. The van der Waals surface area contributed by atoms with Gasteiger partial charge in [0.15, 0.2) is 0 Å². The fourth-order valence-electron chi connectivity index (χ4n) is 1.91. The molecule has 16 heavy (non-hydrogen) atoms. The minimum atomic E-state index is -2.59. The zero-order valence-electron chi connectivity index (χ0n) is 9.24. The van der Waals surface area contributed by atoms with Crippen LogP contribution in [0.25, 0.3) is 10.9 Å². The number of para-hydroxylation sites is 1. The second-order valence-electron chi connectivity index (χ2n) is 4.25. The van der Waals surface area contributed by atoms with E-state index in [-0.39, 0.29) is 0 Å². The Labute approximate surface area is 92.7 Å². The van der Waals surface area contributed by atoms with Crippen molar-refractivity contribution in [2.45, 2.75) is 18.9 Å². The molecule has 1 atom stereocenters. The summed E-state index contributed by atoms with van der Waals surface area (Å²) in [4.78, 5) is 0. The van der Waals surface area contributed by atoms with Crippen molar-refractivity contribution >= 4 is 10.9 Å². The van der Waals surface area contributed by atoms with E-state index in [9.17, 15) is 8.78 Å². The lowest BCUT2D eigenvalue weighted by Crippen LogP contribution is -2.41. The van der Waals surface area contributed by atoms with Crippen molar-refractivity contribution in [2.75, 3.05) is 0 Å². The standard InChI is InChI=1S/C12H14F2N2/c1-12(15,11(13)14)9-5-3-4-8-6-7-16(2)10(8)9/h3-7,11H,15H2,1-2H3. The Hall–Kier alpha value is -1.42. The van der Waals surface area contributed by atoms with Crippen LogP contribution < -0.4 is 5.73 Å². The zero-order chi connectivity index (χ0) is 11.9. The average molecular weight is 224 g/mol. The van der Waals surface area contributed by atoms with Crippen LogP contribution in [0, 0.1) is 0 Å². The Balaban J connectivity index is 2.73. The maximum Gasteiger partial charge on any atom is 0.260 e. The van der Waals surface area contributed by atoms with Gasteiger partial charge >= 0.3 is 0 Å². The molecule has 1 aromatic carbocycles. The molecule has 4 heteroatoms. The van der Waals surface area contributed by atoms with Crippen LogP contribution in [0.4, 0.5) is 8.78 Å². The van der Waals surface area contributed by atoms with E-state index in [1.165, 1.54) is 6.92 Å². The van der Waals surface area contributed by atoms with E-state index in [0.29, 0.717) is 5.56 Å². The van der Waals surface area contributed by atoms with Gasteiger partial charge in [-0.15, -0.1) is 0 Å². The maximum atomic E-state index is 12.9. The molecule has 2 nitrogen and oxygen atoms in total. The van der Waals surface area contributed by atoms with Crippen molar-refractivity contribution in [3.63, 3.8) is 0 Å². The first-order chi connectivity index (χ1) is 7.44. The smallest absolute Gasteiger partial charge is 0.260 e. The number of hydrogen-bond acceptors (Lipinski definition) is 1. The van der Waals surface area contributed by atoms with Crippen molar-refractivity contribution in [1.29, 1.82) is 0 Å². The molecule has 1 aromatic heterocycles. The zero-order valence-corrected chi connectivity index (χ0v) is 9.24. The van der Waals surface area contributed by atoms with Gasteiger partial charge in [-0.05, 0) is 18.4 Å². The van der Waals surface area contributed by atoms with Crippen LogP contribution in [0.5, 0.6) is 0 Å². The van der Waals surface area contributed by atoms with E-state index in [4.69, 9.17) is 5.73 Å². The summed E-state index contributed by atoms with van der Waals surface area (Å²) >= 11 is 0. The van der Waals surface area contributed by atoms with Crippen molar-refractivity contribution in [3.05, 3.63) is 36.0 Å². The van der Waals surface area contributed by atoms with Gasteiger partial charge < -0.3 is 10.3 Å². The molecule has 0 fully saturated rings. The summed E-state index contributed by atoms with van der Waals surface area (Å²) in [6, 6.07) is 7.19. The van der Waals surface area contributed by atoms with Crippen molar-refractivity contribution in [2.24, 2.45) is 12.8 Å². The van der Waals surface area contributed by atoms with Gasteiger partial charge in [-0.3, -0.25) is 0 Å². The third kappa shape index (κ3) is 1.50. The van der Waals surface area contributed by atoms with Crippen LogP contribution >= 0.6 is 0 Å². The predicted molar refractivity (Wildman–Crippen MR) is 60.5 cm³/mol. The lowest BCUT2D eigenvalue weighted by atomic mass is 9.92. The van der Waals surface area contributed by atoms with E-state index in [1.54, 1.807) is 12.1 Å². The number of aryl methyl sites for hydroxylation is 1. The Morgan fingerprint density at radius 3 is 2.62 bits per heavy atom. The molecule has 2 aromatic rings. The molecule has 0 radical (unpaired) electrons. The highest BCUT2D eigenvalue weighted by molar-refractivity contribution is 5.84. The third-order valence-corrected chi connectivity index (χ3v) is 2.93. The molecule has 0 spiro atoms. The molecule has 1 heterocycles. The van der Waals surface area contributed by atoms with Gasteiger partial charge in [0, 0.05) is 18.8 Å². The lowest BCUT2D eigenvalue weighted by molar-refractivity contribution is 0.0631. The number of benzene rings is 1. The Kier molecular flexibility index (Phi) is 2.46. The Morgan fingerprint density at radius 1 is 1.31 bits per heavy atom. The van der Waals surface area contributed by atoms with E-state index >= 15 is 0 Å². The highest BCUT2D eigenvalue weighted by Gasteiger charge is 2.34. The molecule has 0 aliphatic rings.